The first-order chi connectivity index (χ1) is 7.67. The van der Waals surface area contributed by atoms with Gasteiger partial charge in [0.15, 0.2) is 0 Å². The highest BCUT2D eigenvalue weighted by atomic mass is 35.5. The van der Waals surface area contributed by atoms with Gasteiger partial charge in [0, 0.05) is 31.7 Å². The Bertz CT molecular complexity index is 346. The molecule has 1 heterocycles. The summed E-state index contributed by atoms with van der Waals surface area (Å²) in [6.45, 7) is 2.94. The highest BCUT2D eigenvalue weighted by Crippen LogP contribution is 2.08. The average Bonchev–Trinajstić information content (AvgIpc) is 2.74. The van der Waals surface area contributed by atoms with Crippen molar-refractivity contribution < 1.29 is 9.53 Å². The first-order valence-electron chi connectivity index (χ1n) is 5.11. The van der Waals surface area contributed by atoms with Crippen LogP contribution in [-0.4, -0.2) is 30.6 Å². The Morgan fingerprint density at radius 3 is 2.94 bits per heavy atom. The molecule has 1 unspecified atom stereocenters. The van der Waals surface area contributed by atoms with Crippen LogP contribution in [0.4, 0.5) is 0 Å². The molecule has 3 N–H and O–H groups in total. The van der Waals surface area contributed by atoms with Crippen LogP contribution in [0, 0.1) is 0 Å². The normalized spacial score (nSPS) is 11.7. The van der Waals surface area contributed by atoms with E-state index in [1.165, 1.54) is 11.3 Å². The summed E-state index contributed by atoms with van der Waals surface area (Å²) in [6, 6.07) is 0.0791. The molecule has 0 fully saturated rings. The Hall–Kier alpha value is -0.690. The van der Waals surface area contributed by atoms with Gasteiger partial charge in [0.1, 0.15) is 10.7 Å². The van der Waals surface area contributed by atoms with E-state index < -0.39 is 0 Å². The van der Waals surface area contributed by atoms with Gasteiger partial charge in [-0.25, -0.2) is 4.98 Å². The SMILES string of the molecule is COCCC(C)NC(=O)c1csc(CN)n1.Cl. The Kier molecular flexibility index (Phi) is 8.07. The molecule has 1 rings (SSSR count). The molecular weight excluding hydrogens is 262 g/mol. The quantitative estimate of drug-likeness (QED) is 0.820. The second kappa shape index (κ2) is 8.41. The molecule has 1 aromatic rings. The molecule has 0 bridgehead atoms. The number of thiazole rings is 1. The summed E-state index contributed by atoms with van der Waals surface area (Å²) >= 11 is 1.40. The second-order valence-corrected chi connectivity index (χ2v) is 4.43. The number of methoxy groups -OCH3 is 1. The number of nitrogens with one attached hydrogen (secondary N) is 1. The third-order valence-electron chi connectivity index (χ3n) is 2.09. The van der Waals surface area contributed by atoms with Gasteiger partial charge >= 0.3 is 0 Å². The molecule has 5 nitrogen and oxygen atoms in total. The summed E-state index contributed by atoms with van der Waals surface area (Å²) in [6.07, 6.45) is 0.788. The number of rotatable bonds is 6. The monoisotopic (exact) mass is 279 g/mol. The highest BCUT2D eigenvalue weighted by Gasteiger charge is 2.12. The van der Waals surface area contributed by atoms with E-state index in [4.69, 9.17) is 10.5 Å². The number of aromatic nitrogens is 1. The van der Waals surface area contributed by atoms with Gasteiger partial charge in [-0.15, -0.1) is 23.7 Å². The number of ether oxygens (including phenoxy) is 1. The topological polar surface area (TPSA) is 77.2 Å². The molecule has 1 aromatic heterocycles. The minimum atomic E-state index is -0.153. The van der Waals surface area contributed by atoms with Crippen molar-refractivity contribution in [3.05, 3.63) is 16.1 Å². The number of carbonyl (C=O) groups is 1. The van der Waals surface area contributed by atoms with Crippen molar-refractivity contribution in [3.63, 3.8) is 0 Å². The van der Waals surface area contributed by atoms with Crippen molar-refractivity contribution in [2.75, 3.05) is 13.7 Å². The predicted molar refractivity (Wildman–Crippen MR) is 70.7 cm³/mol. The maximum Gasteiger partial charge on any atom is 0.270 e. The van der Waals surface area contributed by atoms with E-state index in [0.717, 1.165) is 11.4 Å². The fraction of sp³-hybridized carbons (Fsp3) is 0.600. The summed E-state index contributed by atoms with van der Waals surface area (Å²) in [5.41, 5.74) is 5.87. The Morgan fingerprint density at radius 1 is 1.71 bits per heavy atom. The first-order valence-corrected chi connectivity index (χ1v) is 5.99. The Balaban J connectivity index is 0.00000256. The summed E-state index contributed by atoms with van der Waals surface area (Å²) in [5.74, 6) is -0.153. The van der Waals surface area contributed by atoms with Crippen molar-refractivity contribution in [1.82, 2.24) is 10.3 Å². The molecular formula is C10H18ClN3O2S. The van der Waals surface area contributed by atoms with Crippen LogP contribution in [0.3, 0.4) is 0 Å². The lowest BCUT2D eigenvalue weighted by Gasteiger charge is -2.11. The van der Waals surface area contributed by atoms with Gasteiger partial charge in [-0.3, -0.25) is 4.79 Å². The van der Waals surface area contributed by atoms with Crippen LogP contribution in [0.2, 0.25) is 0 Å². The number of hydrogen-bond acceptors (Lipinski definition) is 5. The van der Waals surface area contributed by atoms with Gasteiger partial charge < -0.3 is 15.8 Å². The van der Waals surface area contributed by atoms with E-state index in [1.807, 2.05) is 6.92 Å². The molecule has 0 spiro atoms. The minimum absolute atomic E-state index is 0. The zero-order valence-corrected chi connectivity index (χ0v) is 11.6. The molecule has 0 saturated carbocycles. The van der Waals surface area contributed by atoms with E-state index in [9.17, 15) is 4.79 Å². The maximum absolute atomic E-state index is 11.7. The van der Waals surface area contributed by atoms with Gasteiger partial charge in [0.25, 0.3) is 5.91 Å². The van der Waals surface area contributed by atoms with E-state index in [2.05, 4.69) is 10.3 Å². The van der Waals surface area contributed by atoms with Crippen LogP contribution in [0.25, 0.3) is 0 Å². The largest absolute Gasteiger partial charge is 0.385 e. The zero-order valence-electron chi connectivity index (χ0n) is 9.93. The number of nitrogens with zero attached hydrogens (tertiary/aromatic N) is 1. The Labute approximate surface area is 111 Å². The van der Waals surface area contributed by atoms with E-state index in [0.29, 0.717) is 18.8 Å². The lowest BCUT2D eigenvalue weighted by molar-refractivity contribution is 0.0925. The van der Waals surface area contributed by atoms with E-state index in [-0.39, 0.29) is 24.4 Å². The van der Waals surface area contributed by atoms with Crippen molar-refractivity contribution in [3.8, 4) is 0 Å². The van der Waals surface area contributed by atoms with Gasteiger partial charge in [-0.2, -0.15) is 0 Å². The summed E-state index contributed by atoms with van der Waals surface area (Å²) in [7, 11) is 1.64. The molecule has 7 heteroatoms. The molecule has 0 saturated heterocycles. The van der Waals surface area contributed by atoms with Crippen LogP contribution in [-0.2, 0) is 11.3 Å². The van der Waals surface area contributed by atoms with Gasteiger partial charge in [0.2, 0.25) is 0 Å². The smallest absolute Gasteiger partial charge is 0.270 e. The third-order valence-corrected chi connectivity index (χ3v) is 2.96. The fourth-order valence-corrected chi connectivity index (χ4v) is 1.83. The lowest BCUT2D eigenvalue weighted by Crippen LogP contribution is -2.33. The summed E-state index contributed by atoms with van der Waals surface area (Å²) in [5, 5.41) is 5.35. The molecule has 17 heavy (non-hydrogen) atoms. The minimum Gasteiger partial charge on any atom is -0.385 e. The van der Waals surface area contributed by atoms with Crippen molar-refractivity contribution in [1.29, 1.82) is 0 Å². The molecule has 98 valence electrons. The number of nitrogens with two attached hydrogens (primary N) is 1. The van der Waals surface area contributed by atoms with Crippen molar-refractivity contribution >= 4 is 29.7 Å². The summed E-state index contributed by atoms with van der Waals surface area (Å²) < 4.78 is 4.94. The van der Waals surface area contributed by atoms with Gasteiger partial charge in [0.05, 0.1) is 0 Å². The van der Waals surface area contributed by atoms with E-state index in [1.54, 1.807) is 12.5 Å². The molecule has 1 amide bonds. The van der Waals surface area contributed by atoms with E-state index >= 15 is 0 Å². The second-order valence-electron chi connectivity index (χ2n) is 3.49. The number of amides is 1. The number of carbonyl (C=O) groups excluding carboxylic acids is 1. The molecule has 0 radical (unpaired) electrons. The van der Waals surface area contributed by atoms with Crippen LogP contribution < -0.4 is 11.1 Å². The number of halogens is 1. The van der Waals surface area contributed by atoms with Crippen LogP contribution in [0.1, 0.15) is 28.8 Å². The summed E-state index contributed by atoms with van der Waals surface area (Å²) in [4.78, 5) is 15.8. The highest BCUT2D eigenvalue weighted by molar-refractivity contribution is 7.09. The zero-order chi connectivity index (χ0) is 12.0. The molecule has 1 atom stereocenters. The van der Waals surface area contributed by atoms with Crippen molar-refractivity contribution in [2.45, 2.75) is 25.9 Å². The molecule has 0 aliphatic carbocycles. The van der Waals surface area contributed by atoms with Gasteiger partial charge in [-0.05, 0) is 13.3 Å². The van der Waals surface area contributed by atoms with Crippen LogP contribution in [0.15, 0.2) is 5.38 Å². The third kappa shape index (κ3) is 5.45. The maximum atomic E-state index is 11.7. The molecule has 0 aliphatic heterocycles. The standard InChI is InChI=1S/C10H17N3O2S.ClH/c1-7(3-4-15-2)12-10(14)8-6-16-9(5-11)13-8;/h6-7H,3-5,11H2,1-2H3,(H,12,14);1H. The van der Waals surface area contributed by atoms with Crippen LogP contribution >= 0.6 is 23.7 Å². The van der Waals surface area contributed by atoms with Crippen LogP contribution in [0.5, 0.6) is 0 Å². The molecule has 0 aliphatic rings. The number of hydrogen-bond donors (Lipinski definition) is 2. The average molecular weight is 280 g/mol. The fourth-order valence-electron chi connectivity index (χ4n) is 1.17. The van der Waals surface area contributed by atoms with Gasteiger partial charge in [-0.1, -0.05) is 0 Å². The first kappa shape index (κ1) is 16.3. The Morgan fingerprint density at radius 2 is 2.41 bits per heavy atom. The molecule has 0 aromatic carbocycles. The lowest BCUT2D eigenvalue weighted by atomic mass is 10.2. The van der Waals surface area contributed by atoms with Crippen molar-refractivity contribution in [2.24, 2.45) is 5.73 Å². The predicted octanol–water partition coefficient (Wildman–Crippen LogP) is 1.18.